The highest BCUT2D eigenvalue weighted by molar-refractivity contribution is 7.10. The van der Waals surface area contributed by atoms with E-state index >= 15 is 0 Å². The Labute approximate surface area is 165 Å². The molecule has 0 fully saturated rings. The van der Waals surface area contributed by atoms with Crippen molar-refractivity contribution >= 4 is 34.7 Å². The first-order valence-corrected chi connectivity index (χ1v) is 9.96. The number of aromatic nitrogens is 2. The second-order valence-corrected chi connectivity index (χ2v) is 7.25. The number of carbonyl (C=O) groups is 2. The van der Waals surface area contributed by atoms with Crippen molar-refractivity contribution in [2.24, 2.45) is 0 Å². The Kier molecular flexibility index (Phi) is 6.45. The van der Waals surface area contributed by atoms with Gasteiger partial charge in [-0.15, -0.1) is 23.0 Å². The van der Waals surface area contributed by atoms with E-state index in [1.165, 1.54) is 16.2 Å². The quantitative estimate of drug-likeness (QED) is 0.591. The average Bonchev–Trinajstić information content (AvgIpc) is 3.40. The van der Waals surface area contributed by atoms with Gasteiger partial charge in [0, 0.05) is 23.3 Å². The molecule has 8 heteroatoms. The average molecular weight is 399 g/mol. The standard InChI is InChI=1S/C19H18N4O2S2/c1-2-10-23(19(25)15-13-27-22-21-15)17(16-9-6-11-26-16)18(24)20-12-14-7-4-3-5-8-14/h2-9,11,13,17H,1,10,12H2,(H,20,24). The first-order chi connectivity index (χ1) is 13.2. The number of nitrogens with zero attached hydrogens (tertiary/aromatic N) is 3. The molecule has 138 valence electrons. The molecule has 1 unspecified atom stereocenters. The van der Waals surface area contributed by atoms with Crippen LogP contribution < -0.4 is 5.32 Å². The van der Waals surface area contributed by atoms with Crippen molar-refractivity contribution in [3.63, 3.8) is 0 Å². The van der Waals surface area contributed by atoms with Crippen LogP contribution in [0.1, 0.15) is 27.0 Å². The van der Waals surface area contributed by atoms with Gasteiger partial charge in [0.05, 0.1) is 0 Å². The number of hydrogen-bond donors (Lipinski definition) is 1. The van der Waals surface area contributed by atoms with Crippen molar-refractivity contribution < 1.29 is 9.59 Å². The van der Waals surface area contributed by atoms with Crippen molar-refractivity contribution in [1.82, 2.24) is 19.8 Å². The van der Waals surface area contributed by atoms with Crippen LogP contribution in [0.4, 0.5) is 0 Å². The number of carbonyl (C=O) groups excluding carboxylic acids is 2. The molecule has 0 spiro atoms. The molecule has 2 aromatic heterocycles. The molecule has 6 nitrogen and oxygen atoms in total. The summed E-state index contributed by atoms with van der Waals surface area (Å²) in [6, 6.07) is 12.6. The van der Waals surface area contributed by atoms with Crippen LogP contribution in [0.5, 0.6) is 0 Å². The minimum absolute atomic E-state index is 0.220. The molecule has 0 bridgehead atoms. The number of benzene rings is 1. The van der Waals surface area contributed by atoms with E-state index in [1.807, 2.05) is 47.8 Å². The zero-order valence-electron chi connectivity index (χ0n) is 14.4. The summed E-state index contributed by atoms with van der Waals surface area (Å²) in [4.78, 5) is 28.2. The number of hydrogen-bond acceptors (Lipinski definition) is 6. The minimum atomic E-state index is -0.763. The highest BCUT2D eigenvalue weighted by atomic mass is 32.1. The number of thiophene rings is 1. The van der Waals surface area contributed by atoms with Crippen molar-refractivity contribution in [1.29, 1.82) is 0 Å². The molecule has 3 aromatic rings. The molecular weight excluding hydrogens is 380 g/mol. The zero-order chi connectivity index (χ0) is 19.1. The molecule has 1 N–H and O–H groups in total. The van der Waals surface area contributed by atoms with E-state index in [0.717, 1.165) is 22.0 Å². The van der Waals surface area contributed by atoms with Crippen molar-refractivity contribution in [3.05, 3.63) is 82.0 Å². The minimum Gasteiger partial charge on any atom is -0.350 e. The Bertz CT molecular complexity index is 880. The molecule has 3 rings (SSSR count). The lowest BCUT2D eigenvalue weighted by atomic mass is 10.1. The molecule has 1 aromatic carbocycles. The number of rotatable bonds is 8. The van der Waals surface area contributed by atoms with Crippen LogP contribution in [0.2, 0.25) is 0 Å². The van der Waals surface area contributed by atoms with Crippen LogP contribution in [0.25, 0.3) is 0 Å². The van der Waals surface area contributed by atoms with Gasteiger partial charge in [-0.1, -0.05) is 47.0 Å². The lowest BCUT2D eigenvalue weighted by Gasteiger charge is -2.28. The second-order valence-electron chi connectivity index (χ2n) is 5.66. The van der Waals surface area contributed by atoms with Gasteiger partial charge in [-0.05, 0) is 28.5 Å². The van der Waals surface area contributed by atoms with Gasteiger partial charge >= 0.3 is 0 Å². The second kappa shape index (κ2) is 9.20. The van der Waals surface area contributed by atoms with Crippen LogP contribution in [0.3, 0.4) is 0 Å². The maximum absolute atomic E-state index is 13.0. The van der Waals surface area contributed by atoms with Gasteiger partial charge in [0.2, 0.25) is 5.91 Å². The number of amides is 2. The predicted octanol–water partition coefficient (Wildman–Crippen LogP) is 3.29. The summed E-state index contributed by atoms with van der Waals surface area (Å²) in [7, 11) is 0. The number of nitrogens with one attached hydrogen (secondary N) is 1. The fourth-order valence-corrected chi connectivity index (χ4v) is 3.87. The van der Waals surface area contributed by atoms with Crippen LogP contribution in [0, 0.1) is 0 Å². The first kappa shape index (κ1) is 18.9. The Morgan fingerprint density at radius 3 is 2.67 bits per heavy atom. The van der Waals surface area contributed by atoms with E-state index in [0.29, 0.717) is 6.54 Å². The topological polar surface area (TPSA) is 75.2 Å². The smallest absolute Gasteiger partial charge is 0.276 e. The summed E-state index contributed by atoms with van der Waals surface area (Å²) >= 11 is 2.52. The maximum atomic E-state index is 13.0. The summed E-state index contributed by atoms with van der Waals surface area (Å²) in [5.74, 6) is -0.600. The Balaban J connectivity index is 1.85. The van der Waals surface area contributed by atoms with Crippen LogP contribution in [-0.2, 0) is 11.3 Å². The highest BCUT2D eigenvalue weighted by Gasteiger charge is 2.32. The molecule has 2 amide bonds. The summed E-state index contributed by atoms with van der Waals surface area (Å²) in [5, 5.41) is 10.2. The maximum Gasteiger partial charge on any atom is 0.276 e. The summed E-state index contributed by atoms with van der Waals surface area (Å²) in [6.45, 7) is 4.33. The van der Waals surface area contributed by atoms with Gasteiger partial charge < -0.3 is 10.2 Å². The summed E-state index contributed by atoms with van der Waals surface area (Å²) in [6.07, 6.45) is 1.60. The summed E-state index contributed by atoms with van der Waals surface area (Å²) in [5.41, 5.74) is 1.21. The van der Waals surface area contributed by atoms with Crippen molar-refractivity contribution in [3.8, 4) is 0 Å². The predicted molar refractivity (Wildman–Crippen MR) is 106 cm³/mol. The third-order valence-corrected chi connectivity index (χ3v) is 5.28. The molecule has 0 radical (unpaired) electrons. The molecule has 0 aliphatic rings. The highest BCUT2D eigenvalue weighted by Crippen LogP contribution is 2.27. The Morgan fingerprint density at radius 2 is 2.04 bits per heavy atom. The van der Waals surface area contributed by atoms with E-state index in [-0.39, 0.29) is 24.1 Å². The van der Waals surface area contributed by atoms with Gasteiger partial charge in [-0.3, -0.25) is 9.59 Å². The third kappa shape index (κ3) is 4.66. The normalized spacial score (nSPS) is 11.6. The molecule has 2 heterocycles. The monoisotopic (exact) mass is 398 g/mol. The van der Waals surface area contributed by atoms with Crippen LogP contribution >= 0.6 is 22.9 Å². The lowest BCUT2D eigenvalue weighted by Crippen LogP contribution is -2.43. The van der Waals surface area contributed by atoms with E-state index in [9.17, 15) is 9.59 Å². The van der Waals surface area contributed by atoms with Gasteiger partial charge in [0.1, 0.15) is 6.04 Å². The Morgan fingerprint density at radius 1 is 1.22 bits per heavy atom. The largest absolute Gasteiger partial charge is 0.350 e. The van der Waals surface area contributed by atoms with E-state index in [1.54, 1.807) is 11.5 Å². The van der Waals surface area contributed by atoms with E-state index in [4.69, 9.17) is 0 Å². The molecule has 1 atom stereocenters. The molecule has 0 aliphatic heterocycles. The fourth-order valence-electron chi connectivity index (χ4n) is 2.60. The van der Waals surface area contributed by atoms with Crippen molar-refractivity contribution in [2.75, 3.05) is 6.54 Å². The SMILES string of the molecule is C=CCN(C(=O)c1csnn1)C(C(=O)NCc1ccccc1)c1cccs1. The first-order valence-electron chi connectivity index (χ1n) is 8.24. The molecule has 0 aliphatic carbocycles. The fraction of sp³-hybridized carbons (Fsp3) is 0.158. The molecule has 0 saturated carbocycles. The molecule has 0 saturated heterocycles. The molecule has 27 heavy (non-hydrogen) atoms. The van der Waals surface area contributed by atoms with Gasteiger partial charge in [0.25, 0.3) is 5.91 Å². The Hall–Kier alpha value is -2.84. The zero-order valence-corrected chi connectivity index (χ0v) is 16.1. The van der Waals surface area contributed by atoms with Crippen molar-refractivity contribution in [2.45, 2.75) is 12.6 Å². The van der Waals surface area contributed by atoms with Crippen LogP contribution in [0.15, 0.2) is 65.9 Å². The van der Waals surface area contributed by atoms with E-state index < -0.39 is 6.04 Å². The lowest BCUT2D eigenvalue weighted by molar-refractivity contribution is -0.125. The van der Waals surface area contributed by atoms with Gasteiger partial charge in [-0.25, -0.2) is 0 Å². The molecular formula is C19H18N4O2S2. The van der Waals surface area contributed by atoms with E-state index in [2.05, 4.69) is 21.5 Å². The van der Waals surface area contributed by atoms with Gasteiger partial charge in [0.15, 0.2) is 5.69 Å². The van der Waals surface area contributed by atoms with Crippen LogP contribution in [-0.4, -0.2) is 32.8 Å². The van der Waals surface area contributed by atoms with Gasteiger partial charge in [-0.2, -0.15) is 0 Å². The summed E-state index contributed by atoms with van der Waals surface area (Å²) < 4.78 is 3.75. The third-order valence-electron chi connectivity index (χ3n) is 3.85.